The van der Waals surface area contributed by atoms with Crippen molar-refractivity contribution in [1.29, 1.82) is 5.26 Å². The van der Waals surface area contributed by atoms with Gasteiger partial charge >= 0.3 is 6.18 Å². The van der Waals surface area contributed by atoms with Crippen LogP contribution in [0.2, 0.25) is 0 Å². The first-order chi connectivity index (χ1) is 10.3. The molecular formula is C17H25F3N2. The van der Waals surface area contributed by atoms with E-state index in [2.05, 4.69) is 25.2 Å². The first-order valence-corrected chi connectivity index (χ1v) is 8.22. The predicted molar refractivity (Wildman–Crippen MR) is 80.1 cm³/mol. The van der Waals surface area contributed by atoms with Gasteiger partial charge in [-0.15, -0.1) is 0 Å². The van der Waals surface area contributed by atoms with Gasteiger partial charge in [0.15, 0.2) is 0 Å². The van der Waals surface area contributed by atoms with Gasteiger partial charge in [0.2, 0.25) is 0 Å². The summed E-state index contributed by atoms with van der Waals surface area (Å²) in [6, 6.07) is 3.14. The molecule has 22 heavy (non-hydrogen) atoms. The maximum Gasteiger partial charge on any atom is 0.395 e. The minimum Gasteiger partial charge on any atom is -0.312 e. The Kier molecular flexibility index (Phi) is 5.21. The number of allylic oxidation sites excluding steroid dienone is 2. The summed E-state index contributed by atoms with van der Waals surface area (Å²) >= 11 is 0. The van der Waals surface area contributed by atoms with Crippen molar-refractivity contribution in [3.05, 3.63) is 11.6 Å². The van der Waals surface area contributed by atoms with Gasteiger partial charge in [0, 0.05) is 12.1 Å². The van der Waals surface area contributed by atoms with E-state index >= 15 is 0 Å². The first-order valence-electron chi connectivity index (χ1n) is 8.22. The highest BCUT2D eigenvalue weighted by Gasteiger charge is 2.44. The lowest BCUT2D eigenvalue weighted by Gasteiger charge is -2.40. The van der Waals surface area contributed by atoms with Crippen LogP contribution in [0, 0.1) is 22.7 Å². The van der Waals surface area contributed by atoms with E-state index in [0.717, 1.165) is 18.4 Å². The van der Waals surface area contributed by atoms with E-state index < -0.39 is 17.5 Å². The van der Waals surface area contributed by atoms with Gasteiger partial charge in [-0.2, -0.15) is 18.4 Å². The van der Waals surface area contributed by atoms with Crippen LogP contribution in [0.15, 0.2) is 11.6 Å². The SMILES string of the molecule is CC(C)NC1CCC(C#N)(C2=CC(C(F)(F)F)CCC2)CC1. The molecule has 1 fully saturated rings. The molecule has 0 spiro atoms. The summed E-state index contributed by atoms with van der Waals surface area (Å²) in [6.45, 7) is 4.17. The van der Waals surface area contributed by atoms with Crippen molar-refractivity contribution in [3.8, 4) is 6.07 Å². The number of nitrogens with one attached hydrogen (secondary N) is 1. The van der Waals surface area contributed by atoms with E-state index in [1.807, 2.05) is 0 Å². The van der Waals surface area contributed by atoms with Crippen LogP contribution in [0.1, 0.15) is 58.8 Å². The molecule has 124 valence electrons. The Morgan fingerprint density at radius 3 is 2.41 bits per heavy atom. The molecule has 0 amide bonds. The van der Waals surface area contributed by atoms with Crippen LogP contribution in [0.4, 0.5) is 13.2 Å². The standard InChI is InChI=1S/C17H25F3N2/c1-12(2)22-15-6-8-16(11-21,9-7-15)13-4-3-5-14(10-13)17(18,19)20/h10,12,14-15,22H,3-9H2,1-2H3. The molecule has 1 N–H and O–H groups in total. The first kappa shape index (κ1) is 17.3. The maximum atomic E-state index is 13.0. The van der Waals surface area contributed by atoms with Gasteiger partial charge < -0.3 is 5.32 Å². The van der Waals surface area contributed by atoms with Crippen LogP contribution in [-0.2, 0) is 0 Å². The molecule has 0 aliphatic heterocycles. The number of rotatable bonds is 3. The zero-order valence-corrected chi connectivity index (χ0v) is 13.3. The van der Waals surface area contributed by atoms with Crippen LogP contribution in [-0.4, -0.2) is 18.3 Å². The Labute approximate surface area is 130 Å². The van der Waals surface area contributed by atoms with Crippen molar-refractivity contribution >= 4 is 0 Å². The molecule has 0 aromatic carbocycles. The zero-order chi connectivity index (χ0) is 16.4. The third kappa shape index (κ3) is 3.84. The highest BCUT2D eigenvalue weighted by molar-refractivity contribution is 5.27. The molecule has 2 rings (SSSR count). The van der Waals surface area contributed by atoms with Gasteiger partial charge in [-0.3, -0.25) is 0 Å². The molecule has 0 aromatic rings. The molecule has 0 saturated heterocycles. The van der Waals surface area contributed by atoms with Crippen LogP contribution in [0.3, 0.4) is 0 Å². The van der Waals surface area contributed by atoms with E-state index in [-0.39, 0.29) is 6.42 Å². The quantitative estimate of drug-likeness (QED) is 0.765. The molecule has 0 aromatic heterocycles. The molecule has 0 heterocycles. The molecular weight excluding hydrogens is 289 g/mol. The number of nitrogens with zero attached hydrogens (tertiary/aromatic N) is 1. The van der Waals surface area contributed by atoms with Gasteiger partial charge in [0.05, 0.1) is 17.4 Å². The fourth-order valence-electron chi connectivity index (χ4n) is 3.83. The Morgan fingerprint density at radius 1 is 1.27 bits per heavy atom. The Bertz CT molecular complexity index is 452. The number of hydrogen-bond donors (Lipinski definition) is 1. The van der Waals surface area contributed by atoms with Crippen LogP contribution < -0.4 is 5.32 Å². The summed E-state index contributed by atoms with van der Waals surface area (Å²) in [5.41, 5.74) is 0.0746. The van der Waals surface area contributed by atoms with Crippen LogP contribution >= 0.6 is 0 Å². The Balaban J connectivity index is 2.12. The second kappa shape index (κ2) is 6.62. The van der Waals surface area contributed by atoms with E-state index in [4.69, 9.17) is 0 Å². The second-order valence-corrected chi connectivity index (χ2v) is 7.02. The topological polar surface area (TPSA) is 35.8 Å². The number of halogens is 3. The summed E-state index contributed by atoms with van der Waals surface area (Å²) < 4.78 is 38.9. The van der Waals surface area contributed by atoms with Crippen molar-refractivity contribution < 1.29 is 13.2 Å². The Hall–Kier alpha value is -1.02. The molecule has 1 atom stereocenters. The largest absolute Gasteiger partial charge is 0.395 e. The number of hydrogen-bond acceptors (Lipinski definition) is 2. The Morgan fingerprint density at radius 2 is 1.91 bits per heavy atom. The molecule has 2 aliphatic rings. The molecule has 2 nitrogen and oxygen atoms in total. The fraction of sp³-hybridized carbons (Fsp3) is 0.824. The van der Waals surface area contributed by atoms with Gasteiger partial charge in [-0.25, -0.2) is 0 Å². The van der Waals surface area contributed by atoms with E-state index in [0.29, 0.717) is 37.8 Å². The summed E-state index contributed by atoms with van der Waals surface area (Å²) in [4.78, 5) is 0. The molecule has 0 radical (unpaired) electrons. The van der Waals surface area contributed by atoms with Crippen molar-refractivity contribution in [1.82, 2.24) is 5.32 Å². The predicted octanol–water partition coefficient (Wildman–Crippen LogP) is 4.73. The van der Waals surface area contributed by atoms with Crippen LogP contribution in [0.25, 0.3) is 0 Å². The van der Waals surface area contributed by atoms with Crippen molar-refractivity contribution in [2.24, 2.45) is 11.3 Å². The summed E-state index contributed by atoms with van der Waals surface area (Å²) in [5, 5.41) is 13.1. The molecule has 2 aliphatic carbocycles. The minimum atomic E-state index is -4.18. The lowest BCUT2D eigenvalue weighted by atomic mass is 9.65. The van der Waals surface area contributed by atoms with Crippen molar-refractivity contribution in [2.45, 2.75) is 77.1 Å². The summed E-state index contributed by atoms with van der Waals surface area (Å²) in [7, 11) is 0. The fourth-order valence-corrected chi connectivity index (χ4v) is 3.83. The van der Waals surface area contributed by atoms with Crippen LogP contribution in [0.5, 0.6) is 0 Å². The van der Waals surface area contributed by atoms with Gasteiger partial charge in [0.1, 0.15) is 0 Å². The molecule has 1 saturated carbocycles. The van der Waals surface area contributed by atoms with Crippen molar-refractivity contribution in [2.75, 3.05) is 0 Å². The third-order valence-corrected chi connectivity index (χ3v) is 5.02. The summed E-state index contributed by atoms with van der Waals surface area (Å²) in [5.74, 6) is -1.37. The monoisotopic (exact) mass is 314 g/mol. The highest BCUT2D eigenvalue weighted by atomic mass is 19.4. The third-order valence-electron chi connectivity index (χ3n) is 5.02. The van der Waals surface area contributed by atoms with Gasteiger partial charge in [0.25, 0.3) is 0 Å². The minimum absolute atomic E-state index is 0.159. The maximum absolute atomic E-state index is 13.0. The molecule has 1 unspecified atom stereocenters. The average molecular weight is 314 g/mol. The van der Waals surface area contributed by atoms with E-state index in [9.17, 15) is 18.4 Å². The molecule has 0 bridgehead atoms. The molecule has 5 heteroatoms. The smallest absolute Gasteiger partial charge is 0.312 e. The van der Waals surface area contributed by atoms with Gasteiger partial charge in [-0.05, 0) is 44.9 Å². The lowest BCUT2D eigenvalue weighted by Crippen LogP contribution is -2.41. The number of alkyl halides is 3. The number of nitriles is 1. The zero-order valence-electron chi connectivity index (χ0n) is 13.3. The van der Waals surface area contributed by atoms with E-state index in [1.54, 1.807) is 0 Å². The van der Waals surface area contributed by atoms with E-state index in [1.165, 1.54) is 6.08 Å². The second-order valence-electron chi connectivity index (χ2n) is 7.02. The van der Waals surface area contributed by atoms with Crippen molar-refractivity contribution in [3.63, 3.8) is 0 Å². The average Bonchev–Trinajstić information content (AvgIpc) is 2.47. The lowest BCUT2D eigenvalue weighted by molar-refractivity contribution is -0.164. The normalized spacial score (nSPS) is 33.4. The highest BCUT2D eigenvalue weighted by Crippen LogP contribution is 2.48. The summed E-state index contributed by atoms with van der Waals surface area (Å²) in [6.07, 6.45) is 1.58. The van der Waals surface area contributed by atoms with Gasteiger partial charge in [-0.1, -0.05) is 25.5 Å².